The summed E-state index contributed by atoms with van der Waals surface area (Å²) in [5, 5.41) is 2.60. The molecule has 0 aromatic carbocycles. The zero-order valence-electron chi connectivity index (χ0n) is 17.8. The van der Waals surface area contributed by atoms with E-state index in [9.17, 15) is 9.59 Å². The molecule has 31 heavy (non-hydrogen) atoms. The van der Waals surface area contributed by atoms with Crippen LogP contribution in [-0.2, 0) is 13.0 Å². The van der Waals surface area contributed by atoms with Gasteiger partial charge in [0.15, 0.2) is 0 Å². The van der Waals surface area contributed by atoms with Gasteiger partial charge in [0.05, 0.1) is 22.9 Å². The van der Waals surface area contributed by atoms with Crippen LogP contribution in [0.2, 0.25) is 0 Å². The number of aromatic amines is 1. The van der Waals surface area contributed by atoms with E-state index in [1.165, 1.54) is 0 Å². The number of anilines is 1. The standard InChI is InChI=1S/C23H26N6O2/c1-3-15-7-20-21(27-22(15)30)6-14(9-25-20)11-28-12-18-8-17(28)13-29(18)16-4-5-19(26-10-16)23(31)24-2/h4-7,9-10,17-18H,3,8,11-13H2,1-2H3,(H,24,31)(H,27,30). The summed E-state index contributed by atoms with van der Waals surface area (Å²) in [5.74, 6) is -0.170. The van der Waals surface area contributed by atoms with Crippen molar-refractivity contribution in [3.05, 3.63) is 63.8 Å². The second-order valence-corrected chi connectivity index (χ2v) is 8.36. The Bertz CT molecular complexity index is 1190. The number of hydrogen-bond donors (Lipinski definition) is 2. The number of amides is 1. The minimum absolute atomic E-state index is 0.0270. The Morgan fingerprint density at radius 3 is 2.74 bits per heavy atom. The molecule has 2 aliphatic rings. The van der Waals surface area contributed by atoms with Gasteiger partial charge in [-0.3, -0.25) is 19.5 Å². The molecule has 160 valence electrons. The number of aromatic nitrogens is 3. The molecular formula is C23H26N6O2. The van der Waals surface area contributed by atoms with Crippen LogP contribution < -0.4 is 15.8 Å². The third kappa shape index (κ3) is 3.57. The van der Waals surface area contributed by atoms with E-state index in [1.807, 2.05) is 31.3 Å². The van der Waals surface area contributed by atoms with E-state index in [1.54, 1.807) is 19.3 Å². The maximum Gasteiger partial charge on any atom is 0.269 e. The molecule has 2 aliphatic heterocycles. The number of carbonyl (C=O) groups is 1. The van der Waals surface area contributed by atoms with E-state index < -0.39 is 0 Å². The molecule has 2 N–H and O–H groups in total. The van der Waals surface area contributed by atoms with Crippen LogP contribution >= 0.6 is 0 Å². The van der Waals surface area contributed by atoms with Crippen molar-refractivity contribution in [1.82, 2.24) is 25.2 Å². The summed E-state index contributed by atoms with van der Waals surface area (Å²) in [6.45, 7) is 4.72. The molecule has 2 bridgehead atoms. The number of aryl methyl sites for hydroxylation is 1. The van der Waals surface area contributed by atoms with Gasteiger partial charge >= 0.3 is 0 Å². The quantitative estimate of drug-likeness (QED) is 0.655. The molecule has 8 heteroatoms. The molecule has 8 nitrogen and oxygen atoms in total. The first-order valence-electron chi connectivity index (χ1n) is 10.8. The fraction of sp³-hybridized carbons (Fsp3) is 0.391. The van der Waals surface area contributed by atoms with Crippen molar-refractivity contribution in [3.8, 4) is 0 Å². The lowest BCUT2D eigenvalue weighted by molar-refractivity contribution is 0.0958. The maximum atomic E-state index is 12.1. The number of hydrogen-bond acceptors (Lipinski definition) is 6. The lowest BCUT2D eigenvalue weighted by Crippen LogP contribution is -2.46. The molecule has 0 saturated carbocycles. The fourth-order valence-corrected chi connectivity index (χ4v) is 4.83. The van der Waals surface area contributed by atoms with E-state index in [0.717, 1.165) is 53.9 Å². The molecule has 2 atom stereocenters. The normalized spacial score (nSPS) is 20.5. The molecule has 5 rings (SSSR count). The van der Waals surface area contributed by atoms with E-state index in [0.29, 0.717) is 24.2 Å². The number of likely N-dealkylation sites (tertiary alicyclic amines) is 1. The summed E-state index contributed by atoms with van der Waals surface area (Å²) in [5.41, 5.74) is 4.99. The minimum atomic E-state index is -0.170. The van der Waals surface area contributed by atoms with Gasteiger partial charge in [0.2, 0.25) is 0 Å². The van der Waals surface area contributed by atoms with E-state index in [-0.39, 0.29) is 11.5 Å². The van der Waals surface area contributed by atoms with E-state index in [4.69, 9.17) is 0 Å². The number of nitrogens with zero attached hydrogens (tertiary/aromatic N) is 4. The van der Waals surface area contributed by atoms with Gasteiger partial charge in [-0.25, -0.2) is 4.98 Å². The number of pyridine rings is 3. The highest BCUT2D eigenvalue weighted by Gasteiger charge is 2.43. The fourth-order valence-electron chi connectivity index (χ4n) is 4.83. The largest absolute Gasteiger partial charge is 0.364 e. The van der Waals surface area contributed by atoms with Gasteiger partial charge in [-0.15, -0.1) is 0 Å². The van der Waals surface area contributed by atoms with Crippen molar-refractivity contribution in [1.29, 1.82) is 0 Å². The van der Waals surface area contributed by atoms with Crippen LogP contribution in [0.3, 0.4) is 0 Å². The highest BCUT2D eigenvalue weighted by molar-refractivity contribution is 5.92. The summed E-state index contributed by atoms with van der Waals surface area (Å²) < 4.78 is 0. The van der Waals surface area contributed by atoms with Gasteiger partial charge < -0.3 is 15.2 Å². The number of nitrogens with one attached hydrogen (secondary N) is 2. The molecule has 5 heterocycles. The smallest absolute Gasteiger partial charge is 0.269 e. The Labute approximate surface area is 180 Å². The molecule has 2 fully saturated rings. The minimum Gasteiger partial charge on any atom is -0.364 e. The molecule has 0 aliphatic carbocycles. The van der Waals surface area contributed by atoms with Crippen molar-refractivity contribution in [2.75, 3.05) is 25.0 Å². The topological polar surface area (TPSA) is 94.2 Å². The van der Waals surface area contributed by atoms with Crippen LogP contribution in [0.5, 0.6) is 0 Å². The Hall–Kier alpha value is -3.26. The third-order valence-corrected chi connectivity index (χ3v) is 6.49. The number of carbonyl (C=O) groups excluding carboxylic acids is 1. The number of rotatable bonds is 5. The predicted molar refractivity (Wildman–Crippen MR) is 119 cm³/mol. The second-order valence-electron chi connectivity index (χ2n) is 8.36. The molecule has 2 unspecified atom stereocenters. The van der Waals surface area contributed by atoms with E-state index >= 15 is 0 Å². The van der Waals surface area contributed by atoms with Crippen LogP contribution in [0, 0.1) is 0 Å². The molecule has 0 spiro atoms. The van der Waals surface area contributed by atoms with Crippen molar-refractivity contribution in [2.45, 2.75) is 38.4 Å². The first-order valence-corrected chi connectivity index (χ1v) is 10.8. The van der Waals surface area contributed by atoms with Crippen LogP contribution in [0.4, 0.5) is 5.69 Å². The van der Waals surface area contributed by atoms with Crippen LogP contribution in [0.1, 0.15) is 35.0 Å². The van der Waals surface area contributed by atoms with Crippen molar-refractivity contribution >= 4 is 22.6 Å². The Morgan fingerprint density at radius 2 is 2.06 bits per heavy atom. The first kappa shape index (κ1) is 19.7. The maximum absolute atomic E-state index is 12.1. The number of H-pyrrole nitrogens is 1. The molecule has 3 aromatic rings. The van der Waals surface area contributed by atoms with Crippen molar-refractivity contribution < 1.29 is 4.79 Å². The lowest BCUT2D eigenvalue weighted by Gasteiger charge is -2.35. The predicted octanol–water partition coefficient (Wildman–Crippen LogP) is 1.70. The molecule has 2 saturated heterocycles. The monoisotopic (exact) mass is 418 g/mol. The van der Waals surface area contributed by atoms with Gasteiger partial charge in [0.1, 0.15) is 5.69 Å². The number of piperazine rings is 1. The van der Waals surface area contributed by atoms with Gasteiger partial charge in [-0.05, 0) is 42.7 Å². The summed E-state index contributed by atoms with van der Waals surface area (Å²) in [6, 6.07) is 8.62. The SMILES string of the molecule is CCc1cc2ncc(CN3CC4CC3CN4c3ccc(C(=O)NC)nc3)cc2[nH]c1=O. The molecule has 1 amide bonds. The summed E-state index contributed by atoms with van der Waals surface area (Å²) in [7, 11) is 1.61. The lowest BCUT2D eigenvalue weighted by atomic mass is 10.1. The van der Waals surface area contributed by atoms with Crippen LogP contribution in [0.25, 0.3) is 11.0 Å². The summed E-state index contributed by atoms with van der Waals surface area (Å²) in [6.07, 6.45) is 5.54. The van der Waals surface area contributed by atoms with Crippen LogP contribution in [-0.4, -0.2) is 58.0 Å². The molecule has 0 radical (unpaired) electrons. The average Bonchev–Trinajstić information content (AvgIpc) is 3.38. The van der Waals surface area contributed by atoms with E-state index in [2.05, 4.69) is 30.1 Å². The van der Waals surface area contributed by atoms with Gasteiger partial charge in [-0.1, -0.05) is 6.92 Å². The zero-order chi connectivity index (χ0) is 21.5. The first-order chi connectivity index (χ1) is 15.1. The van der Waals surface area contributed by atoms with Gasteiger partial charge in [0, 0.05) is 50.5 Å². The molecular weight excluding hydrogens is 392 g/mol. The van der Waals surface area contributed by atoms with Crippen molar-refractivity contribution in [2.24, 2.45) is 0 Å². The van der Waals surface area contributed by atoms with Gasteiger partial charge in [-0.2, -0.15) is 0 Å². The number of fused-ring (bicyclic) bond motifs is 3. The third-order valence-electron chi connectivity index (χ3n) is 6.49. The Kier molecular flexibility index (Phi) is 4.94. The highest BCUT2D eigenvalue weighted by atomic mass is 16.1. The average molecular weight is 419 g/mol. The second kappa shape index (κ2) is 7.77. The van der Waals surface area contributed by atoms with Crippen molar-refractivity contribution in [3.63, 3.8) is 0 Å². The van der Waals surface area contributed by atoms with Crippen LogP contribution in [0.15, 0.2) is 41.5 Å². The van der Waals surface area contributed by atoms with Gasteiger partial charge in [0.25, 0.3) is 11.5 Å². The molecule has 3 aromatic heterocycles. The Morgan fingerprint density at radius 1 is 1.19 bits per heavy atom. The zero-order valence-corrected chi connectivity index (χ0v) is 17.8. The summed E-state index contributed by atoms with van der Waals surface area (Å²) >= 11 is 0. The summed E-state index contributed by atoms with van der Waals surface area (Å²) in [4.78, 5) is 40.6. The highest BCUT2D eigenvalue weighted by Crippen LogP contribution is 2.35. The Balaban J connectivity index is 1.28.